The van der Waals surface area contributed by atoms with Crippen LogP contribution in [0.1, 0.15) is 59.3 Å². The van der Waals surface area contributed by atoms with E-state index in [1.54, 1.807) is 0 Å². The van der Waals surface area contributed by atoms with Crippen molar-refractivity contribution in [3.63, 3.8) is 0 Å². The lowest BCUT2D eigenvalue weighted by Crippen LogP contribution is -2.53. The predicted octanol–water partition coefficient (Wildman–Crippen LogP) is 4.02. The van der Waals surface area contributed by atoms with Crippen LogP contribution in [-0.4, -0.2) is 11.7 Å². The van der Waals surface area contributed by atoms with E-state index >= 15 is 0 Å². The van der Waals surface area contributed by atoms with Crippen LogP contribution in [0.15, 0.2) is 0 Å². The Kier molecular flexibility index (Phi) is 2.58. The molecule has 0 aromatic rings. The van der Waals surface area contributed by atoms with Gasteiger partial charge in [0, 0.05) is 0 Å². The Balaban J connectivity index is 1.73. The molecular weight excluding hydrogens is 196 g/mol. The van der Waals surface area contributed by atoms with Crippen LogP contribution in [0.3, 0.4) is 0 Å². The summed E-state index contributed by atoms with van der Waals surface area (Å²) in [4.78, 5) is 0. The molecule has 0 amide bonds. The highest BCUT2D eigenvalue weighted by molar-refractivity contribution is 5.03. The van der Waals surface area contributed by atoms with Gasteiger partial charge in [-0.15, -0.1) is 0 Å². The minimum absolute atomic E-state index is 0.304. The van der Waals surface area contributed by atoms with Crippen molar-refractivity contribution in [2.75, 3.05) is 0 Å². The highest BCUT2D eigenvalue weighted by Gasteiger charge is 2.52. The van der Waals surface area contributed by atoms with Crippen LogP contribution in [0.2, 0.25) is 0 Å². The van der Waals surface area contributed by atoms with Crippen molar-refractivity contribution in [1.82, 2.24) is 0 Å². The third kappa shape index (κ3) is 1.81. The summed E-state index contributed by atoms with van der Waals surface area (Å²) >= 11 is 0. The smallest absolute Gasteiger partial charge is 0.0694 e. The average Bonchev–Trinajstić information content (AvgIpc) is 2.13. The minimum atomic E-state index is 0.304. The first-order valence-corrected chi connectivity index (χ1v) is 7.24. The highest BCUT2D eigenvalue weighted by Crippen LogP contribution is 2.57. The molecule has 1 nitrogen and oxygen atoms in total. The second-order valence-corrected chi connectivity index (χ2v) is 7.17. The van der Waals surface area contributed by atoms with Crippen LogP contribution >= 0.6 is 0 Å². The Morgan fingerprint density at radius 3 is 1.69 bits per heavy atom. The molecular formula is C15H26O. The van der Waals surface area contributed by atoms with Gasteiger partial charge in [-0.05, 0) is 69.1 Å². The van der Waals surface area contributed by atoms with Gasteiger partial charge in [0.1, 0.15) is 0 Å². The molecule has 0 spiro atoms. The molecule has 0 heterocycles. The summed E-state index contributed by atoms with van der Waals surface area (Å²) in [5, 5.41) is 0. The maximum absolute atomic E-state index is 6.51. The van der Waals surface area contributed by atoms with Crippen LogP contribution in [0.4, 0.5) is 0 Å². The van der Waals surface area contributed by atoms with E-state index in [9.17, 15) is 0 Å². The topological polar surface area (TPSA) is 9.23 Å². The fraction of sp³-hybridized carbons (Fsp3) is 1.00. The highest BCUT2D eigenvalue weighted by atomic mass is 16.5. The first-order valence-electron chi connectivity index (χ1n) is 7.24. The van der Waals surface area contributed by atoms with Crippen molar-refractivity contribution < 1.29 is 4.74 Å². The predicted molar refractivity (Wildman–Crippen MR) is 66.3 cm³/mol. The summed E-state index contributed by atoms with van der Waals surface area (Å²) < 4.78 is 6.51. The number of hydrogen-bond acceptors (Lipinski definition) is 1. The normalized spacial score (nSPS) is 47.6. The summed E-state index contributed by atoms with van der Waals surface area (Å²) in [5.41, 5.74) is 0.304. The lowest BCUT2D eigenvalue weighted by Gasteiger charge is -2.57. The van der Waals surface area contributed by atoms with Gasteiger partial charge in [0.2, 0.25) is 0 Å². The molecule has 0 aliphatic heterocycles. The van der Waals surface area contributed by atoms with E-state index in [0.29, 0.717) is 17.6 Å². The van der Waals surface area contributed by atoms with Gasteiger partial charge >= 0.3 is 0 Å². The van der Waals surface area contributed by atoms with Crippen molar-refractivity contribution in [3.8, 4) is 0 Å². The van der Waals surface area contributed by atoms with Crippen LogP contribution < -0.4 is 0 Å². The maximum atomic E-state index is 6.51. The van der Waals surface area contributed by atoms with Crippen LogP contribution in [-0.2, 0) is 4.74 Å². The summed E-state index contributed by atoms with van der Waals surface area (Å²) in [6.45, 7) is 6.83. The standard InChI is InChI=1S/C15H26O/c1-10(2)11(3)16-15-7-12-4-13(8-15)6-14(5-12)9-15/h10-14H,4-9H2,1-3H3. The summed E-state index contributed by atoms with van der Waals surface area (Å²) in [6.07, 6.45) is 9.09. The second-order valence-electron chi connectivity index (χ2n) is 7.17. The van der Waals surface area contributed by atoms with E-state index in [-0.39, 0.29) is 0 Å². The van der Waals surface area contributed by atoms with Gasteiger partial charge in [0.05, 0.1) is 11.7 Å². The van der Waals surface area contributed by atoms with Gasteiger partial charge in [-0.3, -0.25) is 0 Å². The molecule has 1 unspecified atom stereocenters. The zero-order valence-corrected chi connectivity index (χ0v) is 11.0. The van der Waals surface area contributed by atoms with E-state index in [1.807, 2.05) is 0 Å². The first kappa shape index (κ1) is 11.1. The zero-order chi connectivity index (χ0) is 11.3. The lowest BCUT2D eigenvalue weighted by molar-refractivity contribution is -0.191. The van der Waals surface area contributed by atoms with Gasteiger partial charge in [0.25, 0.3) is 0 Å². The molecule has 0 saturated heterocycles. The van der Waals surface area contributed by atoms with Gasteiger partial charge in [-0.2, -0.15) is 0 Å². The van der Waals surface area contributed by atoms with E-state index in [1.165, 1.54) is 38.5 Å². The van der Waals surface area contributed by atoms with Crippen molar-refractivity contribution in [2.45, 2.75) is 71.0 Å². The zero-order valence-electron chi connectivity index (χ0n) is 11.0. The molecule has 4 bridgehead atoms. The van der Waals surface area contributed by atoms with E-state index < -0.39 is 0 Å². The Labute approximate surface area is 99.9 Å². The fourth-order valence-corrected chi connectivity index (χ4v) is 4.71. The number of rotatable bonds is 3. The maximum Gasteiger partial charge on any atom is 0.0694 e. The largest absolute Gasteiger partial charge is 0.372 e. The SMILES string of the molecule is CC(C)C(C)OC12CC3CC(CC(C3)C1)C2. The molecule has 4 saturated carbocycles. The van der Waals surface area contributed by atoms with Gasteiger partial charge in [-0.1, -0.05) is 13.8 Å². The molecule has 4 aliphatic carbocycles. The fourth-order valence-electron chi connectivity index (χ4n) is 4.71. The van der Waals surface area contributed by atoms with Crippen molar-refractivity contribution >= 4 is 0 Å². The molecule has 92 valence electrons. The average molecular weight is 222 g/mol. The molecule has 0 aromatic heterocycles. The quantitative estimate of drug-likeness (QED) is 0.701. The molecule has 4 aliphatic rings. The minimum Gasteiger partial charge on any atom is -0.372 e. The van der Waals surface area contributed by atoms with E-state index in [4.69, 9.17) is 4.74 Å². The van der Waals surface area contributed by atoms with Crippen LogP contribution in [0.5, 0.6) is 0 Å². The molecule has 0 radical (unpaired) electrons. The Morgan fingerprint density at radius 2 is 1.31 bits per heavy atom. The molecule has 0 N–H and O–H groups in total. The van der Waals surface area contributed by atoms with Crippen LogP contribution in [0.25, 0.3) is 0 Å². The second kappa shape index (κ2) is 3.73. The van der Waals surface area contributed by atoms with Crippen molar-refractivity contribution in [1.29, 1.82) is 0 Å². The molecule has 0 aromatic carbocycles. The van der Waals surface area contributed by atoms with Crippen molar-refractivity contribution in [2.24, 2.45) is 23.7 Å². The third-order valence-corrected chi connectivity index (χ3v) is 5.36. The number of ether oxygens (including phenoxy) is 1. The lowest BCUT2D eigenvalue weighted by atomic mass is 9.54. The summed E-state index contributed by atoms with van der Waals surface area (Å²) in [7, 11) is 0. The van der Waals surface area contributed by atoms with E-state index in [0.717, 1.165) is 17.8 Å². The monoisotopic (exact) mass is 222 g/mol. The molecule has 4 fully saturated rings. The van der Waals surface area contributed by atoms with Gasteiger partial charge < -0.3 is 4.74 Å². The Hall–Kier alpha value is -0.0400. The first-order chi connectivity index (χ1) is 7.56. The summed E-state index contributed by atoms with van der Waals surface area (Å²) in [5.74, 6) is 3.68. The van der Waals surface area contributed by atoms with E-state index in [2.05, 4.69) is 20.8 Å². The Bertz CT molecular complexity index is 233. The Morgan fingerprint density at radius 1 is 0.875 bits per heavy atom. The molecule has 4 rings (SSSR count). The molecule has 1 atom stereocenters. The van der Waals surface area contributed by atoms with Crippen molar-refractivity contribution in [3.05, 3.63) is 0 Å². The van der Waals surface area contributed by atoms with Gasteiger partial charge in [-0.25, -0.2) is 0 Å². The number of hydrogen-bond donors (Lipinski definition) is 0. The molecule has 1 heteroatoms. The molecule has 16 heavy (non-hydrogen) atoms. The van der Waals surface area contributed by atoms with Crippen LogP contribution in [0, 0.1) is 23.7 Å². The summed E-state index contributed by atoms with van der Waals surface area (Å²) in [6, 6.07) is 0. The third-order valence-electron chi connectivity index (χ3n) is 5.36. The van der Waals surface area contributed by atoms with Gasteiger partial charge in [0.15, 0.2) is 0 Å².